The second kappa shape index (κ2) is 7.14. The molecule has 0 radical (unpaired) electrons. The Morgan fingerprint density at radius 3 is 3.10 bits per heavy atom. The Bertz CT molecular complexity index is 501. The van der Waals surface area contributed by atoms with E-state index in [1.165, 1.54) is 11.3 Å². The van der Waals surface area contributed by atoms with Crippen LogP contribution in [0.2, 0.25) is 0 Å². The van der Waals surface area contributed by atoms with Crippen molar-refractivity contribution in [2.24, 2.45) is 5.92 Å². The summed E-state index contributed by atoms with van der Waals surface area (Å²) in [5.41, 5.74) is 3.22. The lowest BCUT2D eigenvalue weighted by molar-refractivity contribution is 0.0388. The lowest BCUT2D eigenvalue weighted by Crippen LogP contribution is -2.35. The molecule has 0 saturated carbocycles. The largest absolute Gasteiger partial charge is 0.384 e. The molecule has 1 fully saturated rings. The molecule has 1 amide bonds. The van der Waals surface area contributed by atoms with E-state index < -0.39 is 0 Å². The molecule has 0 aromatic heterocycles. The molecule has 1 atom stereocenters. The second-order valence-electron chi connectivity index (χ2n) is 5.82. The number of anilines is 1. The summed E-state index contributed by atoms with van der Waals surface area (Å²) in [4.78, 5) is 14.3. The van der Waals surface area contributed by atoms with Gasteiger partial charge in [0.15, 0.2) is 0 Å². The van der Waals surface area contributed by atoms with Crippen molar-refractivity contribution in [2.75, 3.05) is 38.7 Å². The first-order chi connectivity index (χ1) is 9.74. The molecule has 0 spiro atoms. The average Bonchev–Trinajstić information content (AvgIpc) is 2.94. The van der Waals surface area contributed by atoms with Crippen molar-refractivity contribution >= 4 is 24.0 Å². The highest BCUT2D eigenvalue weighted by molar-refractivity contribution is 5.95. The van der Waals surface area contributed by atoms with Gasteiger partial charge in [-0.25, -0.2) is 0 Å². The van der Waals surface area contributed by atoms with Gasteiger partial charge in [-0.05, 0) is 48.9 Å². The van der Waals surface area contributed by atoms with Gasteiger partial charge < -0.3 is 15.0 Å². The summed E-state index contributed by atoms with van der Waals surface area (Å²) in [6, 6.07) is 5.98. The molecule has 116 valence electrons. The summed E-state index contributed by atoms with van der Waals surface area (Å²) in [7, 11) is 1.89. The number of fused-ring (bicyclic) bond motifs is 1. The van der Waals surface area contributed by atoms with Gasteiger partial charge in [-0.2, -0.15) is 0 Å². The van der Waals surface area contributed by atoms with Gasteiger partial charge >= 0.3 is 0 Å². The van der Waals surface area contributed by atoms with Crippen molar-refractivity contribution in [3.63, 3.8) is 0 Å². The molecule has 21 heavy (non-hydrogen) atoms. The maximum absolute atomic E-state index is 12.5. The number of carbonyl (C=O) groups excluding carboxylic acids is 1. The van der Waals surface area contributed by atoms with E-state index in [2.05, 4.69) is 5.32 Å². The third kappa shape index (κ3) is 3.69. The van der Waals surface area contributed by atoms with Crippen molar-refractivity contribution in [1.82, 2.24) is 4.90 Å². The number of rotatable bonds is 3. The lowest BCUT2D eigenvalue weighted by Gasteiger charge is -2.27. The Morgan fingerprint density at radius 2 is 2.33 bits per heavy atom. The minimum absolute atomic E-state index is 0. The molecular formula is C16H23ClN2O2. The molecule has 1 unspecified atom stereocenters. The van der Waals surface area contributed by atoms with E-state index in [9.17, 15) is 4.79 Å². The third-order valence-electron chi connectivity index (χ3n) is 4.20. The Balaban J connectivity index is 0.00000161. The lowest BCUT2D eigenvalue weighted by atomic mass is 10.0. The third-order valence-corrected chi connectivity index (χ3v) is 4.20. The van der Waals surface area contributed by atoms with E-state index in [1.54, 1.807) is 0 Å². The Hall–Kier alpha value is -1.26. The summed E-state index contributed by atoms with van der Waals surface area (Å²) in [5.74, 6) is 0.596. The molecule has 2 aliphatic rings. The van der Waals surface area contributed by atoms with E-state index >= 15 is 0 Å². The molecule has 2 heterocycles. The van der Waals surface area contributed by atoms with Gasteiger partial charge in [-0.1, -0.05) is 0 Å². The number of halogens is 1. The summed E-state index contributed by atoms with van der Waals surface area (Å²) in [6.45, 7) is 3.41. The summed E-state index contributed by atoms with van der Waals surface area (Å²) >= 11 is 0. The van der Waals surface area contributed by atoms with Gasteiger partial charge in [0.05, 0.1) is 6.61 Å². The highest BCUT2D eigenvalue weighted by atomic mass is 35.5. The van der Waals surface area contributed by atoms with Crippen LogP contribution in [0.1, 0.15) is 28.8 Å². The van der Waals surface area contributed by atoms with Crippen molar-refractivity contribution in [1.29, 1.82) is 0 Å². The normalized spacial score (nSPS) is 20.1. The van der Waals surface area contributed by atoms with Crippen molar-refractivity contribution in [2.45, 2.75) is 19.3 Å². The van der Waals surface area contributed by atoms with E-state index in [0.717, 1.165) is 51.1 Å². The zero-order chi connectivity index (χ0) is 13.9. The number of nitrogens with one attached hydrogen (secondary N) is 1. The van der Waals surface area contributed by atoms with E-state index in [0.29, 0.717) is 5.92 Å². The van der Waals surface area contributed by atoms with Gasteiger partial charge in [-0.15, -0.1) is 12.4 Å². The van der Waals surface area contributed by atoms with E-state index in [1.807, 2.05) is 30.1 Å². The van der Waals surface area contributed by atoms with Gasteiger partial charge in [0, 0.05) is 38.0 Å². The molecule has 1 aromatic rings. The average molecular weight is 311 g/mol. The van der Waals surface area contributed by atoms with Crippen LogP contribution in [0.15, 0.2) is 18.2 Å². The van der Waals surface area contributed by atoms with Crippen molar-refractivity contribution in [3.05, 3.63) is 29.3 Å². The van der Waals surface area contributed by atoms with Gasteiger partial charge in [0.25, 0.3) is 5.91 Å². The van der Waals surface area contributed by atoms with Gasteiger partial charge in [0.2, 0.25) is 0 Å². The van der Waals surface area contributed by atoms with E-state index in [-0.39, 0.29) is 18.3 Å². The summed E-state index contributed by atoms with van der Waals surface area (Å²) in [6.07, 6.45) is 3.28. The van der Waals surface area contributed by atoms with E-state index in [4.69, 9.17) is 4.74 Å². The van der Waals surface area contributed by atoms with Crippen LogP contribution in [0.25, 0.3) is 0 Å². The number of hydrogen-bond acceptors (Lipinski definition) is 3. The molecule has 0 aliphatic carbocycles. The minimum atomic E-state index is 0. The summed E-state index contributed by atoms with van der Waals surface area (Å²) in [5, 5.41) is 3.32. The smallest absolute Gasteiger partial charge is 0.253 e. The molecule has 1 N–H and O–H groups in total. The molecular weight excluding hydrogens is 288 g/mol. The van der Waals surface area contributed by atoms with Crippen molar-refractivity contribution < 1.29 is 9.53 Å². The number of hydrogen-bond donors (Lipinski definition) is 1. The maximum Gasteiger partial charge on any atom is 0.253 e. The Morgan fingerprint density at radius 1 is 1.48 bits per heavy atom. The second-order valence-corrected chi connectivity index (χ2v) is 5.82. The number of amides is 1. The van der Waals surface area contributed by atoms with Crippen LogP contribution in [0.5, 0.6) is 0 Å². The molecule has 2 aliphatic heterocycles. The molecule has 1 saturated heterocycles. The van der Waals surface area contributed by atoms with Crippen LogP contribution >= 0.6 is 12.4 Å². The SMILES string of the molecule is CN(CC1CCCOC1)C(=O)c1ccc2c(c1)CCN2.Cl. The molecule has 1 aromatic carbocycles. The predicted octanol–water partition coefficient (Wildman–Crippen LogP) is 2.58. The quantitative estimate of drug-likeness (QED) is 0.933. The van der Waals surface area contributed by atoms with Crippen LogP contribution in [-0.2, 0) is 11.2 Å². The molecule has 5 heteroatoms. The first-order valence-corrected chi connectivity index (χ1v) is 7.44. The fourth-order valence-corrected chi connectivity index (χ4v) is 3.08. The Labute approximate surface area is 132 Å². The molecule has 4 nitrogen and oxygen atoms in total. The van der Waals surface area contributed by atoms with Crippen LogP contribution in [0.4, 0.5) is 5.69 Å². The highest BCUT2D eigenvalue weighted by Crippen LogP contribution is 2.24. The molecule has 0 bridgehead atoms. The first-order valence-electron chi connectivity index (χ1n) is 7.44. The maximum atomic E-state index is 12.5. The number of benzene rings is 1. The number of ether oxygens (including phenoxy) is 1. The van der Waals surface area contributed by atoms with Gasteiger partial charge in [0.1, 0.15) is 0 Å². The monoisotopic (exact) mass is 310 g/mol. The predicted molar refractivity (Wildman–Crippen MR) is 86.4 cm³/mol. The van der Waals surface area contributed by atoms with Crippen LogP contribution in [0.3, 0.4) is 0 Å². The van der Waals surface area contributed by atoms with Crippen LogP contribution < -0.4 is 5.32 Å². The zero-order valence-electron chi connectivity index (χ0n) is 12.4. The zero-order valence-corrected chi connectivity index (χ0v) is 13.2. The van der Waals surface area contributed by atoms with Gasteiger partial charge in [-0.3, -0.25) is 4.79 Å². The standard InChI is InChI=1S/C16H22N2O2.ClH/c1-18(10-12-3-2-8-20-11-12)16(19)14-4-5-15-13(9-14)6-7-17-15;/h4-5,9,12,17H,2-3,6-8,10-11H2,1H3;1H. The minimum Gasteiger partial charge on any atom is -0.384 e. The van der Waals surface area contributed by atoms with Crippen LogP contribution in [0, 0.1) is 5.92 Å². The topological polar surface area (TPSA) is 41.6 Å². The first kappa shape index (κ1) is 16.1. The fourth-order valence-electron chi connectivity index (χ4n) is 3.08. The fraction of sp³-hybridized carbons (Fsp3) is 0.562. The summed E-state index contributed by atoms with van der Waals surface area (Å²) < 4.78 is 5.48. The van der Waals surface area contributed by atoms with Crippen molar-refractivity contribution in [3.8, 4) is 0 Å². The Kier molecular flexibility index (Phi) is 5.48. The molecule has 3 rings (SSSR count). The number of nitrogens with zero attached hydrogens (tertiary/aromatic N) is 1. The number of carbonyl (C=O) groups is 1. The van der Waals surface area contributed by atoms with Crippen LogP contribution in [-0.4, -0.2) is 44.2 Å². The highest BCUT2D eigenvalue weighted by Gasteiger charge is 2.20.